The van der Waals surface area contributed by atoms with Crippen LogP contribution in [-0.2, 0) is 16.1 Å². The molecule has 1 amide bonds. The molecule has 3 aromatic rings. The standard InChI is InChI=1S/C21H25N5O3S/c1-3-26-20(18-8-11-29-15(18)2)23-24-21(26)30-14-19(27)22-16-4-6-17(7-5-16)25-9-12-28-13-10-25/h4-8,11H,3,9-10,12-14H2,1-2H3,(H,22,27). The molecule has 1 aliphatic heterocycles. The van der Waals surface area contributed by atoms with Crippen LogP contribution < -0.4 is 10.2 Å². The molecular formula is C21H25N5O3S. The van der Waals surface area contributed by atoms with E-state index in [-0.39, 0.29) is 11.7 Å². The number of carbonyl (C=O) groups excluding carboxylic acids is 1. The molecule has 0 spiro atoms. The van der Waals surface area contributed by atoms with E-state index in [0.717, 1.165) is 54.8 Å². The lowest BCUT2D eigenvalue weighted by Gasteiger charge is -2.28. The molecule has 0 atom stereocenters. The van der Waals surface area contributed by atoms with Crippen molar-refractivity contribution in [1.82, 2.24) is 14.8 Å². The summed E-state index contributed by atoms with van der Waals surface area (Å²) in [6.45, 7) is 7.92. The van der Waals surface area contributed by atoms with Crippen molar-refractivity contribution < 1.29 is 13.9 Å². The highest BCUT2D eigenvalue weighted by atomic mass is 32.2. The van der Waals surface area contributed by atoms with Gasteiger partial charge in [-0.05, 0) is 44.2 Å². The molecular weight excluding hydrogens is 402 g/mol. The van der Waals surface area contributed by atoms with Gasteiger partial charge < -0.3 is 23.9 Å². The van der Waals surface area contributed by atoms with Gasteiger partial charge in [-0.15, -0.1) is 10.2 Å². The van der Waals surface area contributed by atoms with Crippen LogP contribution in [0, 0.1) is 6.92 Å². The van der Waals surface area contributed by atoms with E-state index in [1.54, 1.807) is 6.26 Å². The van der Waals surface area contributed by atoms with Crippen LogP contribution >= 0.6 is 11.8 Å². The minimum absolute atomic E-state index is 0.0779. The molecule has 1 N–H and O–H groups in total. The summed E-state index contributed by atoms with van der Waals surface area (Å²) >= 11 is 1.37. The van der Waals surface area contributed by atoms with Gasteiger partial charge >= 0.3 is 0 Å². The molecule has 1 fully saturated rings. The lowest BCUT2D eigenvalue weighted by Crippen LogP contribution is -2.36. The number of benzene rings is 1. The highest BCUT2D eigenvalue weighted by Crippen LogP contribution is 2.27. The third-order valence-corrected chi connectivity index (χ3v) is 5.96. The number of furan rings is 1. The molecule has 0 bridgehead atoms. The predicted octanol–water partition coefficient (Wildman–Crippen LogP) is 3.43. The summed E-state index contributed by atoms with van der Waals surface area (Å²) in [7, 11) is 0. The maximum atomic E-state index is 12.4. The molecule has 0 radical (unpaired) electrons. The first kappa shape index (κ1) is 20.5. The van der Waals surface area contributed by atoms with Gasteiger partial charge in [0, 0.05) is 31.0 Å². The minimum Gasteiger partial charge on any atom is -0.469 e. The van der Waals surface area contributed by atoms with Crippen molar-refractivity contribution >= 4 is 29.0 Å². The Balaban J connectivity index is 1.35. The fourth-order valence-corrected chi connectivity index (χ4v) is 4.20. The first-order valence-electron chi connectivity index (χ1n) is 9.98. The van der Waals surface area contributed by atoms with Gasteiger partial charge in [0.05, 0.1) is 30.8 Å². The van der Waals surface area contributed by atoms with Crippen molar-refractivity contribution in [3.05, 3.63) is 42.4 Å². The zero-order valence-corrected chi connectivity index (χ0v) is 17.9. The summed E-state index contributed by atoms with van der Waals surface area (Å²) in [6.07, 6.45) is 1.64. The molecule has 1 saturated heterocycles. The van der Waals surface area contributed by atoms with Gasteiger partial charge in [-0.25, -0.2) is 0 Å². The Morgan fingerprint density at radius 2 is 1.93 bits per heavy atom. The largest absolute Gasteiger partial charge is 0.469 e. The number of amides is 1. The van der Waals surface area contributed by atoms with E-state index < -0.39 is 0 Å². The van der Waals surface area contributed by atoms with E-state index >= 15 is 0 Å². The Hall–Kier alpha value is -2.78. The van der Waals surface area contributed by atoms with E-state index in [9.17, 15) is 4.79 Å². The summed E-state index contributed by atoms with van der Waals surface area (Å²) in [6, 6.07) is 9.80. The van der Waals surface area contributed by atoms with Crippen LogP contribution in [-0.4, -0.2) is 52.7 Å². The van der Waals surface area contributed by atoms with Gasteiger partial charge in [-0.3, -0.25) is 4.79 Å². The maximum Gasteiger partial charge on any atom is 0.234 e. The Morgan fingerprint density at radius 1 is 1.17 bits per heavy atom. The fourth-order valence-electron chi connectivity index (χ4n) is 3.40. The second-order valence-corrected chi connectivity index (χ2v) is 7.87. The van der Waals surface area contributed by atoms with Crippen LogP contribution in [0.3, 0.4) is 0 Å². The monoisotopic (exact) mass is 427 g/mol. The number of hydrogen-bond acceptors (Lipinski definition) is 7. The molecule has 1 aliphatic rings. The van der Waals surface area contributed by atoms with Crippen molar-refractivity contribution in [2.45, 2.75) is 25.5 Å². The van der Waals surface area contributed by atoms with Crippen molar-refractivity contribution in [3.8, 4) is 11.4 Å². The molecule has 2 aromatic heterocycles. The molecule has 8 nitrogen and oxygen atoms in total. The van der Waals surface area contributed by atoms with E-state index in [0.29, 0.717) is 11.7 Å². The summed E-state index contributed by atoms with van der Waals surface area (Å²) in [4.78, 5) is 14.7. The molecule has 0 unspecified atom stereocenters. The van der Waals surface area contributed by atoms with Gasteiger partial charge in [-0.1, -0.05) is 11.8 Å². The number of rotatable bonds is 7. The van der Waals surface area contributed by atoms with Gasteiger partial charge in [0.15, 0.2) is 11.0 Å². The molecule has 3 heterocycles. The lowest BCUT2D eigenvalue weighted by molar-refractivity contribution is -0.113. The van der Waals surface area contributed by atoms with Crippen molar-refractivity contribution in [2.24, 2.45) is 0 Å². The van der Waals surface area contributed by atoms with Crippen molar-refractivity contribution in [1.29, 1.82) is 0 Å². The van der Waals surface area contributed by atoms with Gasteiger partial charge in [0.1, 0.15) is 5.76 Å². The molecule has 0 saturated carbocycles. The number of morpholine rings is 1. The second kappa shape index (κ2) is 9.36. The third kappa shape index (κ3) is 4.52. The number of aryl methyl sites for hydroxylation is 1. The van der Waals surface area contributed by atoms with Crippen LogP contribution in [0.5, 0.6) is 0 Å². The van der Waals surface area contributed by atoms with Crippen LogP contribution in [0.4, 0.5) is 11.4 Å². The first-order valence-corrected chi connectivity index (χ1v) is 11.0. The summed E-state index contributed by atoms with van der Waals surface area (Å²) in [5, 5.41) is 12.2. The number of nitrogens with zero attached hydrogens (tertiary/aromatic N) is 4. The lowest BCUT2D eigenvalue weighted by atomic mass is 10.2. The van der Waals surface area contributed by atoms with E-state index in [1.165, 1.54) is 11.8 Å². The number of ether oxygens (including phenoxy) is 1. The van der Waals surface area contributed by atoms with Crippen LogP contribution in [0.25, 0.3) is 11.4 Å². The number of nitrogens with one attached hydrogen (secondary N) is 1. The SMILES string of the molecule is CCn1c(SCC(=O)Nc2ccc(N3CCOCC3)cc2)nnc1-c1ccoc1C. The van der Waals surface area contributed by atoms with Crippen LogP contribution in [0.1, 0.15) is 12.7 Å². The van der Waals surface area contributed by atoms with Crippen LogP contribution in [0.2, 0.25) is 0 Å². The van der Waals surface area contributed by atoms with Crippen LogP contribution in [0.15, 0.2) is 46.2 Å². The van der Waals surface area contributed by atoms with Crippen molar-refractivity contribution in [3.63, 3.8) is 0 Å². The average Bonchev–Trinajstić information content (AvgIpc) is 3.38. The third-order valence-electron chi connectivity index (χ3n) is 4.99. The number of carbonyl (C=O) groups is 1. The predicted molar refractivity (Wildman–Crippen MR) is 117 cm³/mol. The summed E-state index contributed by atoms with van der Waals surface area (Å²) in [5.41, 5.74) is 2.84. The molecule has 9 heteroatoms. The Kier molecular flexibility index (Phi) is 6.39. The van der Waals surface area contributed by atoms with Gasteiger partial charge in [-0.2, -0.15) is 0 Å². The van der Waals surface area contributed by atoms with Gasteiger partial charge in [0.25, 0.3) is 0 Å². The molecule has 4 rings (SSSR count). The molecule has 158 valence electrons. The number of hydrogen-bond donors (Lipinski definition) is 1. The molecule has 0 aliphatic carbocycles. The fraction of sp³-hybridized carbons (Fsp3) is 0.381. The Morgan fingerprint density at radius 3 is 2.60 bits per heavy atom. The average molecular weight is 428 g/mol. The molecule has 1 aromatic carbocycles. The zero-order chi connectivity index (χ0) is 20.9. The maximum absolute atomic E-state index is 12.4. The number of anilines is 2. The quantitative estimate of drug-likeness (QED) is 0.578. The summed E-state index contributed by atoms with van der Waals surface area (Å²) < 4.78 is 12.8. The Bertz CT molecular complexity index is 992. The number of thioether (sulfide) groups is 1. The Labute approximate surface area is 179 Å². The van der Waals surface area contributed by atoms with Gasteiger partial charge in [0.2, 0.25) is 5.91 Å². The highest BCUT2D eigenvalue weighted by Gasteiger charge is 2.17. The second-order valence-electron chi connectivity index (χ2n) is 6.92. The van der Waals surface area contributed by atoms with E-state index in [2.05, 4.69) is 20.4 Å². The highest BCUT2D eigenvalue weighted by molar-refractivity contribution is 7.99. The van der Waals surface area contributed by atoms with E-state index in [1.807, 2.05) is 48.7 Å². The normalized spacial score (nSPS) is 14.1. The first-order chi connectivity index (χ1) is 14.7. The zero-order valence-electron chi connectivity index (χ0n) is 17.1. The van der Waals surface area contributed by atoms with E-state index in [4.69, 9.17) is 9.15 Å². The smallest absolute Gasteiger partial charge is 0.234 e. The van der Waals surface area contributed by atoms with Crippen molar-refractivity contribution in [2.75, 3.05) is 42.3 Å². The summed E-state index contributed by atoms with van der Waals surface area (Å²) in [5.74, 6) is 1.73. The minimum atomic E-state index is -0.0779. The number of aromatic nitrogens is 3. The molecule has 30 heavy (non-hydrogen) atoms. The topological polar surface area (TPSA) is 85.4 Å².